The van der Waals surface area contributed by atoms with Crippen LogP contribution in [0.2, 0.25) is 0 Å². The molecule has 0 aliphatic carbocycles. The van der Waals surface area contributed by atoms with Gasteiger partial charge in [-0.3, -0.25) is 4.98 Å². The van der Waals surface area contributed by atoms with Crippen LogP contribution in [-0.4, -0.2) is 46.2 Å². The molecule has 0 amide bonds. The smallest absolute Gasteiger partial charge is 0.222 e. The number of pyridine rings is 1. The van der Waals surface area contributed by atoms with Gasteiger partial charge in [0.05, 0.1) is 12.3 Å². The lowest BCUT2D eigenvalue weighted by Crippen LogP contribution is -2.09. The molecule has 0 unspecified atom stereocenters. The summed E-state index contributed by atoms with van der Waals surface area (Å²) in [7, 11) is 4.08. The van der Waals surface area contributed by atoms with E-state index >= 15 is 0 Å². The van der Waals surface area contributed by atoms with E-state index in [2.05, 4.69) is 43.4 Å². The van der Waals surface area contributed by atoms with Gasteiger partial charge in [-0.1, -0.05) is 6.07 Å². The van der Waals surface area contributed by atoms with Crippen molar-refractivity contribution in [3.8, 4) is 0 Å². The summed E-state index contributed by atoms with van der Waals surface area (Å²) in [4.78, 5) is 15.0. The third-order valence-electron chi connectivity index (χ3n) is 3.80. The first-order valence-electron chi connectivity index (χ1n) is 8.93. The average molecular weight is 384 g/mol. The molecule has 6 nitrogen and oxygen atoms in total. The summed E-state index contributed by atoms with van der Waals surface area (Å²) >= 11 is 1.83. The molecule has 0 fully saturated rings. The molecule has 0 spiro atoms. The maximum absolute atomic E-state index is 5.81. The van der Waals surface area contributed by atoms with Crippen molar-refractivity contribution in [1.82, 2.24) is 19.9 Å². The molecule has 0 atom stereocenters. The number of thioether (sulfide) groups is 1. The van der Waals surface area contributed by atoms with Crippen molar-refractivity contribution in [1.29, 1.82) is 0 Å². The number of nitrogens with one attached hydrogen (secondary N) is 1. The zero-order chi connectivity index (χ0) is 18.9. The molecule has 3 rings (SSSR count). The van der Waals surface area contributed by atoms with Crippen LogP contribution in [0.15, 0.2) is 53.5 Å². The summed E-state index contributed by atoms with van der Waals surface area (Å²) in [5.41, 5.74) is 2.24. The third kappa shape index (κ3) is 6.69. The maximum atomic E-state index is 5.81. The zero-order valence-corrected chi connectivity index (χ0v) is 16.6. The van der Waals surface area contributed by atoms with Crippen LogP contribution in [0, 0.1) is 0 Å². The Kier molecular flexibility index (Phi) is 7.24. The van der Waals surface area contributed by atoms with Crippen LogP contribution < -0.4 is 5.32 Å². The van der Waals surface area contributed by atoms with Crippen molar-refractivity contribution in [2.45, 2.75) is 18.7 Å². The summed E-state index contributed by atoms with van der Waals surface area (Å²) < 4.78 is 5.81. The first-order chi connectivity index (χ1) is 13.2. The van der Waals surface area contributed by atoms with Gasteiger partial charge in [-0.15, -0.1) is 0 Å². The van der Waals surface area contributed by atoms with E-state index in [0.29, 0.717) is 5.95 Å². The lowest BCUT2D eigenvalue weighted by molar-refractivity contribution is 0.344. The Morgan fingerprint density at radius 3 is 2.59 bits per heavy atom. The van der Waals surface area contributed by atoms with Crippen molar-refractivity contribution in [3.05, 3.63) is 71.7 Å². The molecule has 3 aromatic heterocycles. The van der Waals surface area contributed by atoms with Crippen molar-refractivity contribution >= 4 is 17.7 Å². The molecular weight excluding hydrogens is 358 g/mol. The monoisotopic (exact) mass is 383 g/mol. The fourth-order valence-electron chi connectivity index (χ4n) is 2.58. The normalized spacial score (nSPS) is 11.1. The molecule has 0 saturated heterocycles. The fraction of sp³-hybridized carbons (Fsp3) is 0.350. The molecular formula is C20H25N5OS. The first-order valence-corrected chi connectivity index (χ1v) is 10.1. The summed E-state index contributed by atoms with van der Waals surface area (Å²) in [6, 6.07) is 8.10. The highest BCUT2D eigenvalue weighted by molar-refractivity contribution is 7.98. The number of nitrogens with zero attached hydrogens (tertiary/aromatic N) is 4. The van der Waals surface area contributed by atoms with Gasteiger partial charge >= 0.3 is 0 Å². The minimum absolute atomic E-state index is 0.664. The molecule has 0 aliphatic heterocycles. The van der Waals surface area contributed by atoms with E-state index in [-0.39, 0.29) is 0 Å². The number of aromatic nitrogens is 3. The molecule has 0 aliphatic rings. The number of furan rings is 1. The van der Waals surface area contributed by atoms with Crippen molar-refractivity contribution in [2.75, 3.05) is 31.7 Å². The predicted molar refractivity (Wildman–Crippen MR) is 110 cm³/mol. The van der Waals surface area contributed by atoms with Crippen LogP contribution in [0.1, 0.15) is 22.6 Å². The molecule has 0 radical (unpaired) electrons. The van der Waals surface area contributed by atoms with Gasteiger partial charge in [-0.2, -0.15) is 11.8 Å². The van der Waals surface area contributed by atoms with E-state index in [1.165, 1.54) is 0 Å². The van der Waals surface area contributed by atoms with Crippen molar-refractivity contribution in [3.63, 3.8) is 0 Å². The molecule has 1 N–H and O–H groups in total. The lowest BCUT2D eigenvalue weighted by atomic mass is 10.1. The number of hydrogen-bond donors (Lipinski definition) is 1. The van der Waals surface area contributed by atoms with Gasteiger partial charge < -0.3 is 14.6 Å². The highest BCUT2D eigenvalue weighted by atomic mass is 32.2. The molecule has 0 saturated carbocycles. The van der Waals surface area contributed by atoms with Crippen molar-refractivity contribution < 1.29 is 4.42 Å². The van der Waals surface area contributed by atoms with Gasteiger partial charge in [0.25, 0.3) is 0 Å². The van der Waals surface area contributed by atoms with Gasteiger partial charge in [-0.05, 0) is 43.4 Å². The van der Waals surface area contributed by atoms with Gasteiger partial charge in [0, 0.05) is 43.5 Å². The Balaban J connectivity index is 1.35. The van der Waals surface area contributed by atoms with Gasteiger partial charge in [0.15, 0.2) is 0 Å². The summed E-state index contributed by atoms with van der Waals surface area (Å²) in [5.74, 6) is 4.53. The zero-order valence-electron chi connectivity index (χ0n) is 15.8. The second kappa shape index (κ2) is 10.1. The van der Waals surface area contributed by atoms with Crippen LogP contribution in [0.4, 0.5) is 5.95 Å². The Morgan fingerprint density at radius 1 is 1.04 bits per heavy atom. The third-order valence-corrected chi connectivity index (χ3v) is 4.78. The molecule has 0 bridgehead atoms. The molecule has 27 heavy (non-hydrogen) atoms. The Labute approximate surface area is 164 Å². The Bertz CT molecular complexity index is 805. The topological polar surface area (TPSA) is 67.1 Å². The minimum atomic E-state index is 0.664. The van der Waals surface area contributed by atoms with Crippen LogP contribution in [-0.2, 0) is 18.7 Å². The quantitative estimate of drug-likeness (QED) is 0.538. The van der Waals surface area contributed by atoms with E-state index in [4.69, 9.17) is 4.42 Å². The largest absolute Gasteiger partial charge is 0.464 e. The number of anilines is 1. The maximum Gasteiger partial charge on any atom is 0.222 e. The highest BCUT2D eigenvalue weighted by Crippen LogP contribution is 2.16. The standard InChI is InChI=1S/C20H25N5OS/c1-25(2)14-18-5-6-19(26-18)15-27-9-8-22-20-23-12-17(13-24-20)10-16-4-3-7-21-11-16/h3-7,11-13H,8-10,14-15H2,1-2H3,(H,22,23,24). The molecule has 7 heteroatoms. The van der Waals surface area contributed by atoms with Crippen LogP contribution >= 0.6 is 11.8 Å². The summed E-state index contributed by atoms with van der Waals surface area (Å²) in [6.45, 7) is 1.65. The van der Waals surface area contributed by atoms with Crippen LogP contribution in [0.5, 0.6) is 0 Å². The van der Waals surface area contributed by atoms with E-state index in [1.807, 2.05) is 50.5 Å². The lowest BCUT2D eigenvalue weighted by Gasteiger charge is -2.06. The van der Waals surface area contributed by atoms with E-state index in [1.54, 1.807) is 6.20 Å². The first kappa shape index (κ1) is 19.4. The van der Waals surface area contributed by atoms with Crippen LogP contribution in [0.25, 0.3) is 0 Å². The van der Waals surface area contributed by atoms with Crippen LogP contribution in [0.3, 0.4) is 0 Å². The number of hydrogen-bond acceptors (Lipinski definition) is 7. The number of rotatable bonds is 10. The molecule has 3 aromatic rings. The van der Waals surface area contributed by atoms with E-state index in [0.717, 1.165) is 53.7 Å². The minimum Gasteiger partial charge on any atom is -0.464 e. The van der Waals surface area contributed by atoms with Gasteiger partial charge in [-0.25, -0.2) is 9.97 Å². The van der Waals surface area contributed by atoms with E-state index in [9.17, 15) is 0 Å². The predicted octanol–water partition coefficient (Wildman–Crippen LogP) is 3.46. The fourth-order valence-corrected chi connectivity index (χ4v) is 3.33. The van der Waals surface area contributed by atoms with E-state index < -0.39 is 0 Å². The molecule has 142 valence electrons. The van der Waals surface area contributed by atoms with Crippen molar-refractivity contribution in [2.24, 2.45) is 0 Å². The SMILES string of the molecule is CN(C)Cc1ccc(CSCCNc2ncc(Cc3cccnc3)cn2)o1. The Morgan fingerprint density at radius 2 is 1.85 bits per heavy atom. The summed E-state index contributed by atoms with van der Waals surface area (Å²) in [5, 5.41) is 3.26. The average Bonchev–Trinajstić information content (AvgIpc) is 3.10. The summed E-state index contributed by atoms with van der Waals surface area (Å²) in [6.07, 6.45) is 8.17. The molecule has 3 heterocycles. The van der Waals surface area contributed by atoms with Gasteiger partial charge in [0.1, 0.15) is 11.5 Å². The second-order valence-corrected chi connectivity index (χ2v) is 7.64. The molecule has 0 aromatic carbocycles. The Hall–Kier alpha value is -2.38. The van der Waals surface area contributed by atoms with Gasteiger partial charge in [0.2, 0.25) is 5.95 Å². The second-order valence-electron chi connectivity index (χ2n) is 6.54. The highest BCUT2D eigenvalue weighted by Gasteiger charge is 2.04.